The average molecular weight is 1360 g/mol. The van der Waals surface area contributed by atoms with Crippen LogP contribution in [0.25, 0.3) is 0 Å². The predicted octanol–water partition coefficient (Wildman–Crippen LogP) is 26.2. The topological polar surface area (TPSA) is 134 Å². The SMILES string of the molecule is CC/C=C\C/C=C\C/C=C\C/C=C\C/C=C\C/C=C\C/C=C\C/C=C\C/C=C\C/C=C\C/C=C\C/C=C\CCCCCCC(=O)OC(COC(=O)CCCCCCCCCCCCCCCCCCCCC/C=C\C/C=C\C/C=C\C/C=C\C/C=C\CC)COP(=O)(O)OCCN. The Hall–Kier alpha value is -5.41. The molecule has 0 heterocycles. The summed E-state index contributed by atoms with van der Waals surface area (Å²) in [6.07, 6.45) is 122. The monoisotopic (exact) mass is 1360 g/mol. The molecule has 97 heavy (non-hydrogen) atoms. The van der Waals surface area contributed by atoms with E-state index in [4.69, 9.17) is 24.3 Å². The highest BCUT2D eigenvalue weighted by atomic mass is 31.2. The second-order valence-corrected chi connectivity index (χ2v) is 26.2. The van der Waals surface area contributed by atoms with Gasteiger partial charge in [-0.1, -0.05) is 342 Å². The van der Waals surface area contributed by atoms with Crippen LogP contribution in [0.4, 0.5) is 0 Å². The van der Waals surface area contributed by atoms with Gasteiger partial charge in [-0.3, -0.25) is 18.6 Å². The minimum absolute atomic E-state index is 0.0399. The van der Waals surface area contributed by atoms with E-state index >= 15 is 0 Å². The molecule has 9 nitrogen and oxygen atoms in total. The van der Waals surface area contributed by atoms with Gasteiger partial charge in [0.05, 0.1) is 13.2 Å². The number of ether oxygens (including phenoxy) is 2. The number of unbranched alkanes of at least 4 members (excludes halogenated alkanes) is 23. The van der Waals surface area contributed by atoms with Gasteiger partial charge in [-0.2, -0.15) is 0 Å². The molecule has 0 aliphatic heterocycles. The molecule has 0 aliphatic carbocycles. The second-order valence-electron chi connectivity index (χ2n) is 24.8. The highest BCUT2D eigenvalue weighted by Gasteiger charge is 2.26. The van der Waals surface area contributed by atoms with E-state index in [1.807, 2.05) is 0 Å². The zero-order valence-electron chi connectivity index (χ0n) is 61.5. The summed E-state index contributed by atoms with van der Waals surface area (Å²) in [5.74, 6) is -0.863. The Kier molecular flexibility index (Phi) is 75.1. The molecule has 2 unspecified atom stereocenters. The van der Waals surface area contributed by atoms with Crippen molar-refractivity contribution in [2.75, 3.05) is 26.4 Å². The van der Waals surface area contributed by atoms with E-state index in [0.29, 0.717) is 6.42 Å². The molecule has 3 N–H and O–H groups in total. The van der Waals surface area contributed by atoms with Crippen molar-refractivity contribution in [3.05, 3.63) is 207 Å². The van der Waals surface area contributed by atoms with E-state index in [9.17, 15) is 19.0 Å². The largest absolute Gasteiger partial charge is 0.472 e. The van der Waals surface area contributed by atoms with Gasteiger partial charge in [-0.15, -0.1) is 0 Å². The fourth-order valence-electron chi connectivity index (χ4n) is 10.1. The van der Waals surface area contributed by atoms with E-state index in [2.05, 4.69) is 220 Å². The number of rotatable bonds is 70. The van der Waals surface area contributed by atoms with Gasteiger partial charge in [-0.25, -0.2) is 4.57 Å². The van der Waals surface area contributed by atoms with Gasteiger partial charge in [-0.05, 0) is 148 Å². The Morgan fingerprint density at radius 1 is 0.309 bits per heavy atom. The van der Waals surface area contributed by atoms with Gasteiger partial charge in [0.2, 0.25) is 0 Å². The fourth-order valence-corrected chi connectivity index (χ4v) is 10.8. The van der Waals surface area contributed by atoms with Crippen LogP contribution in [0.2, 0.25) is 0 Å². The first-order valence-corrected chi connectivity index (χ1v) is 40.1. The normalized spacial score (nSPS) is 14.1. The van der Waals surface area contributed by atoms with Crippen LogP contribution in [-0.4, -0.2) is 49.3 Å². The molecule has 0 aromatic rings. The number of esters is 2. The quantitative estimate of drug-likeness (QED) is 0.0264. The van der Waals surface area contributed by atoms with Crippen molar-refractivity contribution in [3.63, 3.8) is 0 Å². The third kappa shape index (κ3) is 79.5. The van der Waals surface area contributed by atoms with Crippen LogP contribution < -0.4 is 5.73 Å². The van der Waals surface area contributed by atoms with Crippen LogP contribution in [0.15, 0.2) is 207 Å². The first-order valence-electron chi connectivity index (χ1n) is 38.6. The maximum Gasteiger partial charge on any atom is 0.472 e. The van der Waals surface area contributed by atoms with E-state index in [0.717, 1.165) is 154 Å². The first kappa shape index (κ1) is 91.6. The van der Waals surface area contributed by atoms with Crippen LogP contribution in [0.5, 0.6) is 0 Å². The minimum Gasteiger partial charge on any atom is -0.462 e. The smallest absolute Gasteiger partial charge is 0.462 e. The van der Waals surface area contributed by atoms with E-state index in [1.165, 1.54) is 109 Å². The molecular weight excluding hydrogens is 1220 g/mol. The van der Waals surface area contributed by atoms with Crippen LogP contribution in [0, 0.1) is 0 Å². The number of nitrogens with two attached hydrogens (primary N) is 1. The summed E-state index contributed by atoms with van der Waals surface area (Å²) in [5, 5.41) is 0. The highest BCUT2D eigenvalue weighted by molar-refractivity contribution is 7.47. The summed E-state index contributed by atoms with van der Waals surface area (Å²) in [4.78, 5) is 35.4. The molecule has 0 aromatic heterocycles. The molecule has 2 atom stereocenters. The molecular formula is C87H140NO8P. The van der Waals surface area contributed by atoms with Crippen LogP contribution in [-0.2, 0) is 32.7 Å². The lowest BCUT2D eigenvalue weighted by Crippen LogP contribution is -2.29. The Balaban J connectivity index is 3.97. The Morgan fingerprint density at radius 2 is 0.536 bits per heavy atom. The molecule has 0 radical (unpaired) electrons. The summed E-state index contributed by atoms with van der Waals surface area (Å²) < 4.78 is 33.2. The molecule has 0 saturated heterocycles. The summed E-state index contributed by atoms with van der Waals surface area (Å²) in [7, 11) is -4.42. The summed E-state index contributed by atoms with van der Waals surface area (Å²) in [6.45, 7) is 3.48. The van der Waals surface area contributed by atoms with Gasteiger partial charge in [0.25, 0.3) is 0 Å². The second kappa shape index (κ2) is 79.6. The van der Waals surface area contributed by atoms with Gasteiger partial charge < -0.3 is 20.1 Å². The van der Waals surface area contributed by atoms with Crippen molar-refractivity contribution in [1.29, 1.82) is 0 Å². The average Bonchev–Trinajstić information content (AvgIpc) is 2.57. The summed E-state index contributed by atoms with van der Waals surface area (Å²) in [6, 6.07) is 0. The lowest BCUT2D eigenvalue weighted by molar-refractivity contribution is -0.161. The van der Waals surface area contributed by atoms with E-state index in [-0.39, 0.29) is 32.6 Å². The molecule has 546 valence electrons. The zero-order valence-corrected chi connectivity index (χ0v) is 62.4. The third-order valence-corrected chi connectivity index (χ3v) is 16.6. The molecule has 0 saturated carbocycles. The summed E-state index contributed by atoms with van der Waals surface area (Å²) in [5.41, 5.74) is 5.41. The van der Waals surface area contributed by atoms with Crippen molar-refractivity contribution in [1.82, 2.24) is 0 Å². The number of allylic oxidation sites excluding steroid dienone is 34. The number of hydrogen-bond acceptors (Lipinski definition) is 8. The van der Waals surface area contributed by atoms with Crippen molar-refractivity contribution < 1.29 is 37.6 Å². The van der Waals surface area contributed by atoms with Gasteiger partial charge in [0, 0.05) is 19.4 Å². The molecule has 0 aromatic carbocycles. The maximum atomic E-state index is 12.8. The minimum atomic E-state index is -4.42. The molecule has 0 amide bonds. The third-order valence-electron chi connectivity index (χ3n) is 15.7. The number of carbonyl (C=O) groups is 2. The lowest BCUT2D eigenvalue weighted by Gasteiger charge is -2.19. The van der Waals surface area contributed by atoms with E-state index in [1.54, 1.807) is 0 Å². The number of hydrogen-bond donors (Lipinski definition) is 2. The van der Waals surface area contributed by atoms with Crippen LogP contribution in [0.3, 0.4) is 0 Å². The molecule has 0 aliphatic rings. The highest BCUT2D eigenvalue weighted by Crippen LogP contribution is 2.43. The molecule has 0 fully saturated rings. The van der Waals surface area contributed by atoms with Crippen molar-refractivity contribution in [2.24, 2.45) is 5.73 Å². The standard InChI is InChI=1S/C87H140NO8P/c1-3-5-7-9-11-13-15-17-19-21-23-25-27-29-31-33-35-37-39-40-41-42-43-44-46-48-50-52-54-56-58-60-62-64-66-68-70-72-74-76-78-80-87(90)96-85(84-95-97(91,92)94-82-81-88)83-93-86(89)79-77-75-73-71-69-67-65-63-61-59-57-55-53-51-49-47-45-38-36-34-32-30-28-26-24-22-20-18-16-14-12-10-8-6-4-2/h5-8,11-14,17-20,23-26,29-32,35,37,40-41,43-44,48,50,54,56,60,62,66,68,85H,3-4,9-10,15-16,21-22,27-28,33-34,36,38-39,42,45-47,49,51-53,55,57-59,61,63-65,67,69-84,88H2,1-2H3,(H,91,92)/b7-5-,8-6-,13-11-,14-12-,19-17-,20-18-,25-23-,26-24-,31-29-,32-30-,37-35-,41-40-,44-43-,50-48-,56-54-,62-60-,68-66-. The van der Waals surface area contributed by atoms with Crippen LogP contribution in [0.1, 0.15) is 296 Å². The fraction of sp³-hybridized carbons (Fsp3) is 0.586. The Labute approximate surface area is 595 Å². The van der Waals surface area contributed by atoms with Crippen molar-refractivity contribution in [3.8, 4) is 0 Å². The van der Waals surface area contributed by atoms with Crippen molar-refractivity contribution >= 4 is 19.8 Å². The molecule has 0 bridgehead atoms. The van der Waals surface area contributed by atoms with Gasteiger partial charge in [0.15, 0.2) is 6.10 Å². The number of phosphoric acid groups is 1. The first-order chi connectivity index (χ1) is 47.8. The zero-order chi connectivity index (χ0) is 70.0. The van der Waals surface area contributed by atoms with Crippen LogP contribution >= 0.6 is 7.82 Å². The molecule has 0 spiro atoms. The predicted molar refractivity (Wildman–Crippen MR) is 421 cm³/mol. The van der Waals surface area contributed by atoms with Gasteiger partial charge in [0.1, 0.15) is 6.61 Å². The summed E-state index contributed by atoms with van der Waals surface area (Å²) >= 11 is 0. The Bertz CT molecular complexity index is 2350. The van der Waals surface area contributed by atoms with E-state index < -0.39 is 32.5 Å². The number of carbonyl (C=O) groups excluding carboxylic acids is 2. The number of phosphoric ester groups is 1. The van der Waals surface area contributed by atoms with Gasteiger partial charge >= 0.3 is 19.8 Å². The maximum absolute atomic E-state index is 12.8. The Morgan fingerprint density at radius 3 is 0.794 bits per heavy atom. The molecule has 10 heteroatoms. The lowest BCUT2D eigenvalue weighted by atomic mass is 10.0. The van der Waals surface area contributed by atoms with Crippen molar-refractivity contribution in [2.45, 2.75) is 302 Å². The molecule has 0 rings (SSSR count).